The van der Waals surface area contributed by atoms with Crippen LogP contribution in [0, 0.1) is 0 Å². The number of carbonyl (C=O) groups excluding carboxylic acids is 1. The first-order chi connectivity index (χ1) is 11.1. The zero-order chi connectivity index (χ0) is 16.2. The van der Waals surface area contributed by atoms with Crippen LogP contribution >= 0.6 is 27.5 Å². The van der Waals surface area contributed by atoms with Crippen molar-refractivity contribution < 1.29 is 14.3 Å². The van der Waals surface area contributed by atoms with E-state index in [2.05, 4.69) is 15.9 Å². The molecule has 3 aromatic carbocycles. The number of carbonyl (C=O) groups is 1. The Kier molecular flexibility index (Phi) is 4.84. The maximum Gasteiger partial charge on any atom is 0.349 e. The van der Waals surface area contributed by atoms with E-state index in [1.165, 1.54) is 0 Å². The summed E-state index contributed by atoms with van der Waals surface area (Å²) < 4.78 is 11.6. The lowest BCUT2D eigenvalue weighted by molar-refractivity contribution is -0.136. The average molecular weight is 392 g/mol. The SMILES string of the molecule is O=C(COc1ccc2ccccc2c1Br)Oc1ccc(Cl)cc1. The minimum atomic E-state index is -0.479. The summed E-state index contributed by atoms with van der Waals surface area (Å²) in [7, 11) is 0. The molecule has 0 aliphatic carbocycles. The maximum absolute atomic E-state index is 11.9. The van der Waals surface area contributed by atoms with Crippen molar-refractivity contribution in [3.8, 4) is 11.5 Å². The van der Waals surface area contributed by atoms with Gasteiger partial charge in [0, 0.05) is 5.02 Å². The molecule has 0 aliphatic rings. The van der Waals surface area contributed by atoms with E-state index < -0.39 is 5.97 Å². The molecule has 0 saturated carbocycles. The minimum absolute atomic E-state index is 0.181. The van der Waals surface area contributed by atoms with Gasteiger partial charge in [0.15, 0.2) is 6.61 Å². The van der Waals surface area contributed by atoms with Crippen LogP contribution in [0.2, 0.25) is 5.02 Å². The Labute approximate surface area is 146 Å². The van der Waals surface area contributed by atoms with Crippen molar-refractivity contribution in [2.75, 3.05) is 6.61 Å². The van der Waals surface area contributed by atoms with Crippen LogP contribution in [0.15, 0.2) is 65.1 Å². The molecule has 3 aromatic rings. The van der Waals surface area contributed by atoms with Crippen LogP contribution in [0.25, 0.3) is 10.8 Å². The van der Waals surface area contributed by atoms with Crippen molar-refractivity contribution >= 4 is 44.3 Å². The van der Waals surface area contributed by atoms with Gasteiger partial charge in [0.25, 0.3) is 0 Å². The molecule has 0 unspecified atom stereocenters. The first-order valence-corrected chi connectivity index (χ1v) is 8.07. The van der Waals surface area contributed by atoms with Crippen molar-refractivity contribution in [1.82, 2.24) is 0 Å². The number of esters is 1. The van der Waals surface area contributed by atoms with Gasteiger partial charge >= 0.3 is 5.97 Å². The number of ether oxygens (including phenoxy) is 2. The van der Waals surface area contributed by atoms with Crippen LogP contribution in [0.5, 0.6) is 11.5 Å². The van der Waals surface area contributed by atoms with Crippen molar-refractivity contribution in [1.29, 1.82) is 0 Å². The summed E-state index contributed by atoms with van der Waals surface area (Å²) in [5.74, 6) is 0.546. The highest BCUT2D eigenvalue weighted by Crippen LogP contribution is 2.33. The van der Waals surface area contributed by atoms with Crippen LogP contribution in [-0.4, -0.2) is 12.6 Å². The molecule has 0 spiro atoms. The fourth-order valence-corrected chi connectivity index (χ4v) is 2.86. The van der Waals surface area contributed by atoms with Crippen LogP contribution in [0.4, 0.5) is 0 Å². The van der Waals surface area contributed by atoms with Gasteiger partial charge in [-0.05, 0) is 57.0 Å². The monoisotopic (exact) mass is 390 g/mol. The first-order valence-electron chi connectivity index (χ1n) is 6.90. The van der Waals surface area contributed by atoms with Gasteiger partial charge in [-0.1, -0.05) is 41.9 Å². The van der Waals surface area contributed by atoms with Crippen LogP contribution in [0.3, 0.4) is 0 Å². The lowest BCUT2D eigenvalue weighted by Gasteiger charge is -2.10. The molecule has 0 N–H and O–H groups in total. The molecule has 5 heteroatoms. The quantitative estimate of drug-likeness (QED) is 0.451. The van der Waals surface area contributed by atoms with Crippen LogP contribution < -0.4 is 9.47 Å². The molecule has 23 heavy (non-hydrogen) atoms. The Morgan fingerprint density at radius 1 is 1.00 bits per heavy atom. The lowest BCUT2D eigenvalue weighted by atomic mass is 10.1. The molecule has 116 valence electrons. The summed E-state index contributed by atoms with van der Waals surface area (Å²) in [6.45, 7) is -0.181. The predicted molar refractivity (Wildman–Crippen MR) is 94.2 cm³/mol. The summed E-state index contributed by atoms with van der Waals surface area (Å²) >= 11 is 9.30. The fourth-order valence-electron chi connectivity index (χ4n) is 2.13. The fraction of sp³-hybridized carbons (Fsp3) is 0.0556. The molecular formula is C18H12BrClO3. The van der Waals surface area contributed by atoms with Gasteiger partial charge in [0.2, 0.25) is 0 Å². The van der Waals surface area contributed by atoms with Gasteiger partial charge in [-0.25, -0.2) is 4.79 Å². The third-order valence-corrected chi connectivity index (χ3v) is 4.29. The second kappa shape index (κ2) is 7.02. The molecular weight excluding hydrogens is 380 g/mol. The summed E-state index contributed by atoms with van der Waals surface area (Å²) in [5, 5.41) is 2.70. The molecule has 0 amide bonds. The number of benzene rings is 3. The standard InChI is InChI=1S/C18H12BrClO3/c19-18-15-4-2-1-3-12(15)5-10-16(18)22-11-17(21)23-14-8-6-13(20)7-9-14/h1-10H,11H2. The van der Waals surface area contributed by atoms with Gasteiger partial charge < -0.3 is 9.47 Å². The zero-order valence-corrected chi connectivity index (χ0v) is 14.3. The summed E-state index contributed by atoms with van der Waals surface area (Å²) in [6, 6.07) is 18.3. The molecule has 0 heterocycles. The molecule has 0 aromatic heterocycles. The molecule has 0 bridgehead atoms. The third kappa shape index (κ3) is 3.84. The van der Waals surface area contributed by atoms with Crippen molar-refractivity contribution in [3.05, 3.63) is 70.2 Å². The van der Waals surface area contributed by atoms with Crippen LogP contribution in [-0.2, 0) is 4.79 Å². The Hall–Kier alpha value is -2.04. The maximum atomic E-state index is 11.9. The van der Waals surface area contributed by atoms with Gasteiger partial charge in [-0.3, -0.25) is 0 Å². The van der Waals surface area contributed by atoms with E-state index in [-0.39, 0.29) is 6.61 Å². The van der Waals surface area contributed by atoms with E-state index in [0.717, 1.165) is 15.2 Å². The molecule has 3 nitrogen and oxygen atoms in total. The van der Waals surface area contributed by atoms with E-state index in [1.54, 1.807) is 24.3 Å². The molecule has 0 atom stereocenters. The highest BCUT2D eigenvalue weighted by atomic mass is 79.9. The first kappa shape index (κ1) is 15.8. The number of fused-ring (bicyclic) bond motifs is 1. The Morgan fingerprint density at radius 2 is 1.74 bits per heavy atom. The van der Waals surface area contributed by atoms with E-state index in [4.69, 9.17) is 21.1 Å². The molecule has 0 fully saturated rings. The Morgan fingerprint density at radius 3 is 2.52 bits per heavy atom. The minimum Gasteiger partial charge on any atom is -0.481 e. The zero-order valence-electron chi connectivity index (χ0n) is 12.0. The third-order valence-electron chi connectivity index (χ3n) is 3.22. The van der Waals surface area contributed by atoms with E-state index in [9.17, 15) is 4.79 Å². The van der Waals surface area contributed by atoms with Gasteiger partial charge in [0.1, 0.15) is 11.5 Å². The lowest BCUT2D eigenvalue weighted by Crippen LogP contribution is -2.17. The predicted octanol–water partition coefficient (Wildman–Crippen LogP) is 5.24. The number of rotatable bonds is 4. The highest BCUT2D eigenvalue weighted by molar-refractivity contribution is 9.10. The Bertz CT molecular complexity index is 847. The normalized spacial score (nSPS) is 10.5. The summed E-state index contributed by atoms with van der Waals surface area (Å²) in [4.78, 5) is 11.9. The Balaban J connectivity index is 1.67. The summed E-state index contributed by atoms with van der Waals surface area (Å²) in [5.41, 5.74) is 0. The topological polar surface area (TPSA) is 35.5 Å². The smallest absolute Gasteiger partial charge is 0.349 e. The van der Waals surface area contributed by atoms with Gasteiger partial charge in [0.05, 0.1) is 4.47 Å². The van der Waals surface area contributed by atoms with Crippen molar-refractivity contribution in [2.45, 2.75) is 0 Å². The van der Waals surface area contributed by atoms with Crippen molar-refractivity contribution in [2.24, 2.45) is 0 Å². The molecule has 0 saturated heterocycles. The van der Waals surface area contributed by atoms with Gasteiger partial charge in [-0.15, -0.1) is 0 Å². The van der Waals surface area contributed by atoms with Gasteiger partial charge in [-0.2, -0.15) is 0 Å². The van der Waals surface area contributed by atoms with Crippen LogP contribution in [0.1, 0.15) is 0 Å². The van der Waals surface area contributed by atoms with Crippen molar-refractivity contribution in [3.63, 3.8) is 0 Å². The second-order valence-corrected chi connectivity index (χ2v) is 6.04. The second-order valence-electron chi connectivity index (χ2n) is 4.82. The molecule has 3 rings (SSSR count). The summed E-state index contributed by atoms with van der Waals surface area (Å²) in [6.07, 6.45) is 0. The molecule has 0 radical (unpaired) electrons. The highest BCUT2D eigenvalue weighted by Gasteiger charge is 2.10. The van der Waals surface area contributed by atoms with E-state index in [0.29, 0.717) is 16.5 Å². The average Bonchev–Trinajstić information content (AvgIpc) is 2.57. The van der Waals surface area contributed by atoms with E-state index in [1.807, 2.05) is 36.4 Å². The number of hydrogen-bond acceptors (Lipinski definition) is 3. The largest absolute Gasteiger partial charge is 0.481 e. The number of halogens is 2. The molecule has 0 aliphatic heterocycles. The number of hydrogen-bond donors (Lipinski definition) is 0. The van der Waals surface area contributed by atoms with E-state index >= 15 is 0 Å².